The monoisotopic (exact) mass is 357 g/mol. The Kier molecular flexibility index (Phi) is 5.39. The minimum atomic E-state index is -0.337. The molecular weight excluding hydrogens is 341 g/mol. The van der Waals surface area contributed by atoms with Crippen molar-refractivity contribution in [3.63, 3.8) is 0 Å². The summed E-state index contributed by atoms with van der Waals surface area (Å²) in [5.41, 5.74) is 2.60. The number of anilines is 1. The molecule has 3 rings (SSSR count). The fraction of sp³-hybridized carbons (Fsp3) is 0.176. The Morgan fingerprint density at radius 2 is 1.88 bits per heavy atom. The second-order valence-corrected chi connectivity index (χ2v) is 6.42. The van der Waals surface area contributed by atoms with Gasteiger partial charge in [-0.05, 0) is 53.7 Å². The van der Waals surface area contributed by atoms with E-state index in [1.807, 2.05) is 31.2 Å². The van der Waals surface area contributed by atoms with Gasteiger partial charge in [0.05, 0.1) is 5.69 Å². The first-order chi connectivity index (χ1) is 12.1. The van der Waals surface area contributed by atoms with Crippen LogP contribution in [0.4, 0.5) is 10.1 Å². The zero-order valence-corrected chi connectivity index (χ0v) is 14.3. The largest absolute Gasteiger partial charge is 0.326 e. The summed E-state index contributed by atoms with van der Waals surface area (Å²) >= 11 is 1.40. The summed E-state index contributed by atoms with van der Waals surface area (Å²) in [5, 5.41) is 15.0. The molecule has 1 heterocycles. The van der Waals surface area contributed by atoms with Crippen LogP contribution in [0.2, 0.25) is 0 Å². The number of halogens is 1. The summed E-state index contributed by atoms with van der Waals surface area (Å²) in [5.74, 6) is 0.0455. The van der Waals surface area contributed by atoms with Crippen molar-refractivity contribution >= 4 is 23.4 Å². The normalized spacial score (nSPS) is 10.6. The van der Waals surface area contributed by atoms with E-state index in [1.54, 1.807) is 4.68 Å². The molecule has 8 heteroatoms. The van der Waals surface area contributed by atoms with E-state index in [0.29, 0.717) is 23.0 Å². The maximum atomic E-state index is 12.8. The van der Waals surface area contributed by atoms with Gasteiger partial charge in [-0.1, -0.05) is 29.5 Å². The van der Waals surface area contributed by atoms with Crippen molar-refractivity contribution in [1.29, 1.82) is 0 Å². The molecule has 128 valence electrons. The third-order valence-electron chi connectivity index (χ3n) is 3.41. The predicted octanol–water partition coefficient (Wildman–Crippen LogP) is 3.23. The first-order valence-corrected chi connectivity index (χ1v) is 8.64. The second-order valence-electron chi connectivity index (χ2n) is 5.36. The number of hydrogen-bond acceptors (Lipinski definition) is 5. The van der Waals surface area contributed by atoms with Crippen LogP contribution in [0.15, 0.2) is 53.7 Å². The van der Waals surface area contributed by atoms with E-state index < -0.39 is 0 Å². The van der Waals surface area contributed by atoms with Crippen molar-refractivity contribution in [3.05, 3.63) is 59.9 Å². The van der Waals surface area contributed by atoms with Crippen LogP contribution < -0.4 is 5.32 Å². The lowest BCUT2D eigenvalue weighted by molar-refractivity contribution is -0.115. The highest BCUT2D eigenvalue weighted by Gasteiger charge is 2.10. The Labute approximate surface area is 148 Å². The van der Waals surface area contributed by atoms with E-state index in [4.69, 9.17) is 0 Å². The molecule has 0 aliphatic carbocycles. The van der Waals surface area contributed by atoms with E-state index in [2.05, 4.69) is 20.8 Å². The lowest BCUT2D eigenvalue weighted by Gasteiger charge is -2.06. The van der Waals surface area contributed by atoms with Gasteiger partial charge in [-0.2, -0.15) is 4.68 Å². The van der Waals surface area contributed by atoms with Crippen LogP contribution >= 0.6 is 11.8 Å². The summed E-state index contributed by atoms with van der Waals surface area (Å²) in [6, 6.07) is 13.5. The molecule has 0 spiro atoms. The average molecular weight is 357 g/mol. The van der Waals surface area contributed by atoms with Crippen molar-refractivity contribution < 1.29 is 9.18 Å². The Morgan fingerprint density at radius 1 is 1.16 bits per heavy atom. The Hall–Kier alpha value is -2.74. The number of aromatic nitrogens is 4. The fourth-order valence-corrected chi connectivity index (χ4v) is 2.94. The molecule has 6 nitrogen and oxygen atoms in total. The average Bonchev–Trinajstić information content (AvgIpc) is 3.06. The van der Waals surface area contributed by atoms with E-state index in [-0.39, 0.29) is 11.7 Å². The molecule has 3 aromatic rings. The van der Waals surface area contributed by atoms with Crippen molar-refractivity contribution in [3.8, 4) is 5.69 Å². The lowest BCUT2D eigenvalue weighted by Crippen LogP contribution is -2.12. The van der Waals surface area contributed by atoms with Gasteiger partial charge < -0.3 is 5.32 Å². The number of rotatable bonds is 6. The number of carbonyl (C=O) groups excluding carboxylic acids is 1. The zero-order valence-electron chi connectivity index (χ0n) is 13.5. The van der Waals surface area contributed by atoms with Gasteiger partial charge in [0.25, 0.3) is 0 Å². The van der Waals surface area contributed by atoms with Crippen LogP contribution in [0, 0.1) is 12.7 Å². The molecule has 1 N–H and O–H groups in total. The molecule has 25 heavy (non-hydrogen) atoms. The molecule has 0 fully saturated rings. The SMILES string of the molecule is Cc1ccc(-n2nnnc2SCCC(=O)Nc2ccc(F)cc2)cc1. The minimum absolute atomic E-state index is 0.145. The molecule has 0 bridgehead atoms. The van der Waals surface area contributed by atoms with Crippen LogP contribution in [-0.2, 0) is 4.79 Å². The van der Waals surface area contributed by atoms with E-state index >= 15 is 0 Å². The van der Waals surface area contributed by atoms with Gasteiger partial charge in [0.1, 0.15) is 5.82 Å². The van der Waals surface area contributed by atoms with Gasteiger partial charge in [-0.25, -0.2) is 4.39 Å². The molecule has 0 saturated carbocycles. The fourth-order valence-electron chi connectivity index (χ4n) is 2.11. The Balaban J connectivity index is 1.54. The van der Waals surface area contributed by atoms with E-state index in [0.717, 1.165) is 11.3 Å². The summed E-state index contributed by atoms with van der Waals surface area (Å²) in [7, 11) is 0. The second kappa shape index (κ2) is 7.89. The lowest BCUT2D eigenvalue weighted by atomic mass is 10.2. The molecule has 1 amide bonds. The molecular formula is C17H16FN5OS. The third kappa shape index (κ3) is 4.63. The molecule has 0 saturated heterocycles. The number of tetrazole rings is 1. The van der Waals surface area contributed by atoms with Gasteiger partial charge >= 0.3 is 0 Å². The van der Waals surface area contributed by atoms with Crippen LogP contribution in [0.1, 0.15) is 12.0 Å². The van der Waals surface area contributed by atoms with Gasteiger partial charge in [0.15, 0.2) is 0 Å². The third-order valence-corrected chi connectivity index (χ3v) is 4.33. The molecule has 0 unspecified atom stereocenters. The number of thioether (sulfide) groups is 1. The molecule has 0 aliphatic rings. The zero-order chi connectivity index (χ0) is 17.6. The topological polar surface area (TPSA) is 72.7 Å². The van der Waals surface area contributed by atoms with Gasteiger partial charge in [0, 0.05) is 17.9 Å². The maximum Gasteiger partial charge on any atom is 0.225 e. The Bertz CT molecular complexity index is 848. The first kappa shape index (κ1) is 17.1. The van der Waals surface area contributed by atoms with Crippen molar-refractivity contribution in [2.24, 2.45) is 0 Å². The molecule has 0 aliphatic heterocycles. The van der Waals surface area contributed by atoms with Crippen LogP contribution in [0.3, 0.4) is 0 Å². The molecule has 2 aromatic carbocycles. The van der Waals surface area contributed by atoms with Crippen molar-refractivity contribution in [2.45, 2.75) is 18.5 Å². The maximum absolute atomic E-state index is 12.8. The Morgan fingerprint density at radius 3 is 2.60 bits per heavy atom. The summed E-state index contributed by atoms with van der Waals surface area (Å²) in [6.45, 7) is 2.01. The number of nitrogens with one attached hydrogen (secondary N) is 1. The van der Waals surface area contributed by atoms with Crippen LogP contribution in [0.25, 0.3) is 5.69 Å². The van der Waals surface area contributed by atoms with Crippen molar-refractivity contribution in [1.82, 2.24) is 20.2 Å². The molecule has 0 atom stereocenters. The predicted molar refractivity (Wildman–Crippen MR) is 94.3 cm³/mol. The summed E-state index contributed by atoms with van der Waals surface area (Å²) in [6.07, 6.45) is 0.294. The van der Waals surface area contributed by atoms with Crippen LogP contribution in [0.5, 0.6) is 0 Å². The highest BCUT2D eigenvalue weighted by atomic mass is 32.2. The minimum Gasteiger partial charge on any atom is -0.326 e. The van der Waals surface area contributed by atoms with Gasteiger partial charge in [0.2, 0.25) is 11.1 Å². The highest BCUT2D eigenvalue weighted by Crippen LogP contribution is 2.19. The summed E-state index contributed by atoms with van der Waals surface area (Å²) < 4.78 is 14.5. The summed E-state index contributed by atoms with van der Waals surface area (Å²) in [4.78, 5) is 11.9. The quantitative estimate of drug-likeness (QED) is 0.686. The van der Waals surface area contributed by atoms with E-state index in [1.165, 1.54) is 36.0 Å². The van der Waals surface area contributed by atoms with Crippen molar-refractivity contribution in [2.75, 3.05) is 11.1 Å². The van der Waals surface area contributed by atoms with Gasteiger partial charge in [-0.15, -0.1) is 5.10 Å². The smallest absolute Gasteiger partial charge is 0.225 e. The van der Waals surface area contributed by atoms with Gasteiger partial charge in [-0.3, -0.25) is 4.79 Å². The standard InChI is InChI=1S/C17H16FN5OS/c1-12-2-8-15(9-3-12)23-17(20-21-22-23)25-11-10-16(24)19-14-6-4-13(18)5-7-14/h2-9H,10-11H2,1H3,(H,19,24). The highest BCUT2D eigenvalue weighted by molar-refractivity contribution is 7.99. The molecule has 0 radical (unpaired) electrons. The number of nitrogens with zero attached hydrogens (tertiary/aromatic N) is 4. The van der Waals surface area contributed by atoms with Crippen LogP contribution in [-0.4, -0.2) is 31.9 Å². The number of amides is 1. The number of hydrogen-bond donors (Lipinski definition) is 1. The van der Waals surface area contributed by atoms with E-state index in [9.17, 15) is 9.18 Å². The first-order valence-electron chi connectivity index (χ1n) is 7.65. The molecule has 1 aromatic heterocycles. The number of benzene rings is 2. The number of aryl methyl sites for hydroxylation is 1. The number of carbonyl (C=O) groups is 1.